The zero-order valence-corrected chi connectivity index (χ0v) is 12.5. The summed E-state index contributed by atoms with van der Waals surface area (Å²) in [6.45, 7) is 2.03. The lowest BCUT2D eigenvalue weighted by molar-refractivity contribution is 0.607. The molecule has 2 heterocycles. The molecule has 2 aromatic carbocycles. The zero-order chi connectivity index (χ0) is 15.8. The van der Waals surface area contributed by atoms with Crippen LogP contribution in [-0.2, 0) is 0 Å². The van der Waals surface area contributed by atoms with Gasteiger partial charge in [-0.25, -0.2) is 9.97 Å². The largest absolute Gasteiger partial charge is 0.417 e. The maximum atomic E-state index is 6.04. The minimum absolute atomic E-state index is 0.316. The molecule has 0 spiro atoms. The van der Waals surface area contributed by atoms with Crippen molar-refractivity contribution in [3.63, 3.8) is 0 Å². The van der Waals surface area contributed by atoms with E-state index in [1.54, 1.807) is 0 Å². The molecule has 0 aliphatic heterocycles. The highest BCUT2D eigenvalue weighted by molar-refractivity contribution is 5.84. The summed E-state index contributed by atoms with van der Waals surface area (Å²) in [5, 5.41) is 0. The molecule has 0 amide bonds. The molecule has 0 unspecified atom stereocenters. The fraction of sp³-hybridized carbons (Fsp3) is 0.0556. The Morgan fingerprint density at radius 1 is 0.826 bits per heavy atom. The van der Waals surface area contributed by atoms with Crippen molar-refractivity contribution in [2.24, 2.45) is 0 Å². The summed E-state index contributed by atoms with van der Waals surface area (Å²) in [4.78, 5) is 13.2. The summed E-state index contributed by atoms with van der Waals surface area (Å²) in [6, 6.07) is 17.6. The lowest BCUT2D eigenvalue weighted by atomic mass is 10.1. The van der Waals surface area contributed by atoms with Crippen LogP contribution in [0.1, 0.15) is 5.56 Å². The average molecular weight is 302 g/mol. The number of nitrogens with two attached hydrogens (primary N) is 1. The molecule has 0 aliphatic carbocycles. The molecule has 5 nitrogen and oxygen atoms in total. The summed E-state index contributed by atoms with van der Waals surface area (Å²) in [5.41, 5.74) is 9.87. The van der Waals surface area contributed by atoms with E-state index in [0.717, 1.165) is 11.1 Å². The number of hydrogen-bond donors (Lipinski definition) is 1. The Balaban J connectivity index is 1.86. The number of oxazole rings is 1. The molecule has 4 rings (SSSR count). The second-order valence-electron chi connectivity index (χ2n) is 5.34. The highest BCUT2D eigenvalue weighted by Crippen LogP contribution is 2.27. The normalized spacial score (nSPS) is 11.0. The molecule has 2 N–H and O–H groups in total. The third kappa shape index (κ3) is 2.42. The van der Waals surface area contributed by atoms with Crippen LogP contribution in [0.25, 0.3) is 34.1 Å². The molecule has 0 saturated heterocycles. The summed E-state index contributed by atoms with van der Waals surface area (Å²) >= 11 is 0. The molecule has 23 heavy (non-hydrogen) atoms. The standard InChI is InChI=1S/C18H14N4O/c1-11-7-9-12(10-8-11)16-21-15(19)14-18(22-16)23-17(20-14)13-5-3-2-4-6-13/h2-10H,1H3,(H2,19,21,22). The predicted molar refractivity (Wildman–Crippen MR) is 89.6 cm³/mol. The van der Waals surface area contributed by atoms with Gasteiger partial charge in [0.2, 0.25) is 5.89 Å². The number of fused-ring (bicyclic) bond motifs is 1. The third-order valence-electron chi connectivity index (χ3n) is 3.62. The van der Waals surface area contributed by atoms with Crippen LogP contribution >= 0.6 is 0 Å². The zero-order valence-electron chi connectivity index (χ0n) is 12.5. The second kappa shape index (κ2) is 5.21. The minimum Gasteiger partial charge on any atom is -0.417 e. The van der Waals surface area contributed by atoms with E-state index in [1.165, 1.54) is 5.56 Å². The van der Waals surface area contributed by atoms with Gasteiger partial charge in [0, 0.05) is 11.1 Å². The Hall–Kier alpha value is -3.21. The van der Waals surface area contributed by atoms with Crippen molar-refractivity contribution in [1.29, 1.82) is 0 Å². The van der Waals surface area contributed by atoms with Gasteiger partial charge < -0.3 is 10.2 Å². The number of nitrogens with zero attached hydrogens (tertiary/aromatic N) is 3. The maximum Gasteiger partial charge on any atom is 0.253 e. The van der Waals surface area contributed by atoms with E-state index in [2.05, 4.69) is 15.0 Å². The van der Waals surface area contributed by atoms with Gasteiger partial charge in [-0.05, 0) is 19.1 Å². The minimum atomic E-state index is 0.316. The third-order valence-corrected chi connectivity index (χ3v) is 3.62. The molecule has 0 bridgehead atoms. The summed E-state index contributed by atoms with van der Waals surface area (Å²) in [6.07, 6.45) is 0. The van der Waals surface area contributed by atoms with E-state index in [1.807, 2.05) is 61.5 Å². The van der Waals surface area contributed by atoms with Gasteiger partial charge in [-0.3, -0.25) is 0 Å². The number of aryl methyl sites for hydroxylation is 1. The van der Waals surface area contributed by atoms with Crippen LogP contribution in [0.15, 0.2) is 59.0 Å². The van der Waals surface area contributed by atoms with Crippen LogP contribution in [-0.4, -0.2) is 15.0 Å². The van der Waals surface area contributed by atoms with E-state index in [0.29, 0.717) is 28.8 Å². The van der Waals surface area contributed by atoms with Crippen LogP contribution in [0.2, 0.25) is 0 Å². The SMILES string of the molecule is Cc1ccc(-c2nc(N)c3nc(-c4ccccc4)oc3n2)cc1. The fourth-order valence-corrected chi connectivity index (χ4v) is 2.38. The van der Waals surface area contributed by atoms with Crippen molar-refractivity contribution in [2.75, 3.05) is 5.73 Å². The Labute approximate surface area is 132 Å². The Bertz CT molecular complexity index is 975. The lowest BCUT2D eigenvalue weighted by Gasteiger charge is -2.01. The number of aromatic nitrogens is 3. The molecule has 5 heteroatoms. The molecule has 0 atom stereocenters. The average Bonchev–Trinajstić information content (AvgIpc) is 3.01. The topological polar surface area (TPSA) is 77.8 Å². The van der Waals surface area contributed by atoms with E-state index in [-0.39, 0.29) is 0 Å². The van der Waals surface area contributed by atoms with Crippen LogP contribution in [0.5, 0.6) is 0 Å². The molecule has 0 radical (unpaired) electrons. The lowest BCUT2D eigenvalue weighted by Crippen LogP contribution is -1.97. The van der Waals surface area contributed by atoms with E-state index in [4.69, 9.17) is 10.2 Å². The summed E-state index contributed by atoms with van der Waals surface area (Å²) in [5.74, 6) is 1.34. The van der Waals surface area contributed by atoms with Crippen molar-refractivity contribution < 1.29 is 4.42 Å². The van der Waals surface area contributed by atoms with Crippen LogP contribution < -0.4 is 5.73 Å². The van der Waals surface area contributed by atoms with Crippen molar-refractivity contribution in [3.8, 4) is 22.8 Å². The van der Waals surface area contributed by atoms with Gasteiger partial charge in [-0.1, -0.05) is 48.0 Å². The first-order valence-corrected chi connectivity index (χ1v) is 7.27. The smallest absolute Gasteiger partial charge is 0.253 e. The van der Waals surface area contributed by atoms with Crippen LogP contribution in [0.3, 0.4) is 0 Å². The van der Waals surface area contributed by atoms with Crippen molar-refractivity contribution >= 4 is 17.0 Å². The van der Waals surface area contributed by atoms with Gasteiger partial charge in [0.15, 0.2) is 17.2 Å². The number of anilines is 1. The first kappa shape index (κ1) is 13.5. The maximum absolute atomic E-state index is 6.04. The van der Waals surface area contributed by atoms with E-state index in [9.17, 15) is 0 Å². The van der Waals surface area contributed by atoms with Crippen molar-refractivity contribution in [3.05, 3.63) is 60.2 Å². The first-order valence-electron chi connectivity index (χ1n) is 7.27. The van der Waals surface area contributed by atoms with Gasteiger partial charge in [0.05, 0.1) is 0 Å². The summed E-state index contributed by atoms with van der Waals surface area (Å²) in [7, 11) is 0. The van der Waals surface area contributed by atoms with Gasteiger partial charge in [0.1, 0.15) is 0 Å². The van der Waals surface area contributed by atoms with Crippen molar-refractivity contribution in [1.82, 2.24) is 15.0 Å². The number of rotatable bonds is 2. The number of hydrogen-bond acceptors (Lipinski definition) is 5. The fourth-order valence-electron chi connectivity index (χ4n) is 2.38. The molecule has 0 fully saturated rings. The van der Waals surface area contributed by atoms with Crippen LogP contribution in [0.4, 0.5) is 5.82 Å². The molecule has 2 aromatic heterocycles. The van der Waals surface area contributed by atoms with E-state index >= 15 is 0 Å². The molecule has 4 aromatic rings. The molecular weight excluding hydrogens is 288 g/mol. The van der Waals surface area contributed by atoms with Gasteiger partial charge >= 0.3 is 0 Å². The molecular formula is C18H14N4O. The first-order chi connectivity index (χ1) is 11.2. The Morgan fingerprint density at radius 2 is 1.57 bits per heavy atom. The highest BCUT2D eigenvalue weighted by atomic mass is 16.4. The Morgan fingerprint density at radius 3 is 2.30 bits per heavy atom. The highest BCUT2D eigenvalue weighted by Gasteiger charge is 2.15. The number of nitrogen functional groups attached to an aromatic ring is 1. The van der Waals surface area contributed by atoms with Crippen molar-refractivity contribution in [2.45, 2.75) is 6.92 Å². The number of benzene rings is 2. The van der Waals surface area contributed by atoms with Crippen LogP contribution in [0, 0.1) is 6.92 Å². The molecule has 0 saturated carbocycles. The van der Waals surface area contributed by atoms with Gasteiger partial charge in [-0.2, -0.15) is 4.98 Å². The molecule has 112 valence electrons. The monoisotopic (exact) mass is 302 g/mol. The summed E-state index contributed by atoms with van der Waals surface area (Å²) < 4.78 is 5.78. The second-order valence-corrected chi connectivity index (χ2v) is 5.34. The quantitative estimate of drug-likeness (QED) is 0.608. The van der Waals surface area contributed by atoms with Gasteiger partial charge in [0.25, 0.3) is 5.71 Å². The van der Waals surface area contributed by atoms with E-state index < -0.39 is 0 Å². The molecule has 0 aliphatic rings. The van der Waals surface area contributed by atoms with Gasteiger partial charge in [-0.15, -0.1) is 0 Å². The predicted octanol–water partition coefficient (Wildman–Crippen LogP) is 3.84. The Kier molecular flexibility index (Phi) is 3.05.